The minimum absolute atomic E-state index is 0.927. The standard InChI is InChI=1S/C40H26N2/c1-2-7-31(8-3-1)37-24-22-33-19-20-34-23-25-38(42-40(34)39(33)41-37)32-17-14-29(15-18-32)28-10-12-30(13-11-28)36-21-16-27-6-4-5-9-35(27)26-36/h1-26H. The van der Waals surface area contributed by atoms with E-state index in [0.717, 1.165) is 44.3 Å². The molecule has 0 radical (unpaired) electrons. The summed E-state index contributed by atoms with van der Waals surface area (Å²) < 4.78 is 0. The van der Waals surface area contributed by atoms with Crippen LogP contribution >= 0.6 is 0 Å². The lowest BCUT2D eigenvalue weighted by Gasteiger charge is -2.09. The molecular formula is C40H26N2. The van der Waals surface area contributed by atoms with E-state index >= 15 is 0 Å². The Kier molecular flexibility index (Phi) is 5.82. The fourth-order valence-corrected chi connectivity index (χ4v) is 5.76. The molecule has 0 aliphatic rings. The van der Waals surface area contributed by atoms with Gasteiger partial charge in [0.05, 0.1) is 22.4 Å². The zero-order valence-electron chi connectivity index (χ0n) is 22.9. The van der Waals surface area contributed by atoms with Gasteiger partial charge in [0.2, 0.25) is 0 Å². The molecule has 42 heavy (non-hydrogen) atoms. The first-order valence-corrected chi connectivity index (χ1v) is 14.2. The average molecular weight is 535 g/mol. The van der Waals surface area contributed by atoms with Gasteiger partial charge in [-0.1, -0.05) is 140 Å². The number of aromatic nitrogens is 2. The number of pyridine rings is 2. The number of nitrogens with zero attached hydrogens (tertiary/aromatic N) is 2. The Bertz CT molecular complexity index is 2220. The number of benzene rings is 6. The summed E-state index contributed by atoms with van der Waals surface area (Å²) in [7, 11) is 0. The van der Waals surface area contributed by atoms with Crippen LogP contribution in [0, 0.1) is 0 Å². The molecule has 0 amide bonds. The second kappa shape index (κ2) is 10.1. The first kappa shape index (κ1) is 24.2. The van der Waals surface area contributed by atoms with Gasteiger partial charge in [-0.2, -0.15) is 0 Å². The lowest BCUT2D eigenvalue weighted by Crippen LogP contribution is -1.91. The summed E-state index contributed by atoms with van der Waals surface area (Å²) in [6.07, 6.45) is 0. The summed E-state index contributed by atoms with van der Waals surface area (Å²) in [6.45, 7) is 0. The predicted octanol–water partition coefficient (Wildman–Crippen LogP) is 10.6. The van der Waals surface area contributed by atoms with Crippen LogP contribution in [-0.4, -0.2) is 9.97 Å². The zero-order chi connectivity index (χ0) is 27.9. The van der Waals surface area contributed by atoms with E-state index in [1.165, 1.54) is 33.0 Å². The maximum Gasteiger partial charge on any atom is 0.0972 e. The second-order valence-electron chi connectivity index (χ2n) is 10.7. The number of hydrogen-bond acceptors (Lipinski definition) is 2. The molecule has 6 aromatic carbocycles. The first-order valence-electron chi connectivity index (χ1n) is 14.2. The minimum atomic E-state index is 0.927. The highest BCUT2D eigenvalue weighted by Crippen LogP contribution is 2.31. The Morgan fingerprint density at radius 1 is 0.262 bits per heavy atom. The van der Waals surface area contributed by atoms with Crippen LogP contribution in [0.2, 0.25) is 0 Å². The van der Waals surface area contributed by atoms with Gasteiger partial charge in [-0.3, -0.25) is 0 Å². The van der Waals surface area contributed by atoms with Crippen LogP contribution in [0.15, 0.2) is 158 Å². The molecule has 0 saturated heterocycles. The van der Waals surface area contributed by atoms with Crippen molar-refractivity contribution in [1.82, 2.24) is 9.97 Å². The Morgan fingerprint density at radius 3 is 1.26 bits per heavy atom. The molecular weight excluding hydrogens is 508 g/mol. The van der Waals surface area contributed by atoms with Gasteiger partial charge in [-0.25, -0.2) is 9.97 Å². The van der Waals surface area contributed by atoms with Crippen LogP contribution in [0.4, 0.5) is 0 Å². The molecule has 0 N–H and O–H groups in total. The van der Waals surface area contributed by atoms with Crippen molar-refractivity contribution in [3.05, 3.63) is 158 Å². The maximum atomic E-state index is 5.12. The second-order valence-corrected chi connectivity index (χ2v) is 10.7. The molecule has 8 rings (SSSR count). The maximum absolute atomic E-state index is 5.12. The van der Waals surface area contributed by atoms with Crippen molar-refractivity contribution >= 4 is 32.6 Å². The average Bonchev–Trinajstić information content (AvgIpc) is 3.08. The highest BCUT2D eigenvalue weighted by molar-refractivity contribution is 6.04. The molecule has 0 aliphatic heterocycles. The molecule has 0 bridgehead atoms. The van der Waals surface area contributed by atoms with E-state index in [9.17, 15) is 0 Å². The molecule has 0 saturated carbocycles. The van der Waals surface area contributed by atoms with Crippen LogP contribution < -0.4 is 0 Å². The van der Waals surface area contributed by atoms with Crippen LogP contribution in [0.5, 0.6) is 0 Å². The predicted molar refractivity (Wildman–Crippen MR) is 176 cm³/mol. The Hall–Kier alpha value is -5.60. The molecule has 0 spiro atoms. The van der Waals surface area contributed by atoms with Crippen molar-refractivity contribution in [3.8, 4) is 44.8 Å². The Morgan fingerprint density at radius 2 is 0.667 bits per heavy atom. The SMILES string of the molecule is c1ccc(-c2ccc3ccc4ccc(-c5ccc(-c6ccc(-c7ccc8ccccc8c7)cc6)cc5)nc4c3n2)cc1. The van der Waals surface area contributed by atoms with E-state index in [0.29, 0.717) is 0 Å². The summed E-state index contributed by atoms with van der Waals surface area (Å²) in [5.74, 6) is 0. The van der Waals surface area contributed by atoms with Gasteiger partial charge in [0.1, 0.15) is 0 Å². The van der Waals surface area contributed by atoms with Crippen molar-refractivity contribution in [3.63, 3.8) is 0 Å². The van der Waals surface area contributed by atoms with Gasteiger partial charge in [0, 0.05) is 21.9 Å². The molecule has 2 nitrogen and oxygen atoms in total. The number of fused-ring (bicyclic) bond motifs is 4. The smallest absolute Gasteiger partial charge is 0.0972 e. The van der Waals surface area contributed by atoms with E-state index in [-0.39, 0.29) is 0 Å². The molecule has 2 heterocycles. The topological polar surface area (TPSA) is 25.8 Å². The summed E-state index contributed by atoms with van der Waals surface area (Å²) in [5.41, 5.74) is 10.8. The molecule has 0 unspecified atom stereocenters. The zero-order valence-corrected chi connectivity index (χ0v) is 22.9. The third-order valence-electron chi connectivity index (χ3n) is 8.07. The first-order chi connectivity index (χ1) is 20.8. The fourth-order valence-electron chi connectivity index (χ4n) is 5.76. The molecule has 196 valence electrons. The largest absolute Gasteiger partial charge is 0.245 e. The lowest BCUT2D eigenvalue weighted by molar-refractivity contribution is 1.36. The quantitative estimate of drug-likeness (QED) is 0.210. The van der Waals surface area contributed by atoms with Gasteiger partial charge >= 0.3 is 0 Å². The van der Waals surface area contributed by atoms with E-state index in [1.807, 2.05) is 18.2 Å². The van der Waals surface area contributed by atoms with Gasteiger partial charge in [-0.05, 0) is 51.2 Å². The van der Waals surface area contributed by atoms with Crippen molar-refractivity contribution in [2.75, 3.05) is 0 Å². The number of rotatable bonds is 4. The molecule has 0 fully saturated rings. The highest BCUT2D eigenvalue weighted by atomic mass is 14.8. The Labute approximate surface area is 244 Å². The summed E-state index contributed by atoms with van der Waals surface area (Å²) in [4.78, 5) is 10.2. The van der Waals surface area contributed by atoms with Crippen LogP contribution in [0.1, 0.15) is 0 Å². The van der Waals surface area contributed by atoms with Crippen molar-refractivity contribution in [2.24, 2.45) is 0 Å². The highest BCUT2D eigenvalue weighted by Gasteiger charge is 2.09. The Balaban J connectivity index is 1.10. The van der Waals surface area contributed by atoms with E-state index in [1.54, 1.807) is 0 Å². The van der Waals surface area contributed by atoms with E-state index < -0.39 is 0 Å². The lowest BCUT2D eigenvalue weighted by atomic mass is 9.97. The number of hydrogen-bond donors (Lipinski definition) is 0. The minimum Gasteiger partial charge on any atom is -0.245 e. The summed E-state index contributed by atoms with van der Waals surface area (Å²) in [6, 6.07) is 55.7. The van der Waals surface area contributed by atoms with Crippen LogP contribution in [0.25, 0.3) is 77.3 Å². The molecule has 2 heteroatoms. The van der Waals surface area contributed by atoms with Gasteiger partial charge in [-0.15, -0.1) is 0 Å². The van der Waals surface area contributed by atoms with Crippen LogP contribution in [0.3, 0.4) is 0 Å². The van der Waals surface area contributed by atoms with E-state index in [2.05, 4.69) is 140 Å². The van der Waals surface area contributed by atoms with Crippen molar-refractivity contribution < 1.29 is 0 Å². The fraction of sp³-hybridized carbons (Fsp3) is 0. The third kappa shape index (κ3) is 4.40. The third-order valence-corrected chi connectivity index (χ3v) is 8.07. The monoisotopic (exact) mass is 534 g/mol. The van der Waals surface area contributed by atoms with Gasteiger partial charge in [0.15, 0.2) is 0 Å². The van der Waals surface area contributed by atoms with Gasteiger partial charge in [0.25, 0.3) is 0 Å². The summed E-state index contributed by atoms with van der Waals surface area (Å²) >= 11 is 0. The van der Waals surface area contributed by atoms with E-state index in [4.69, 9.17) is 9.97 Å². The normalized spacial score (nSPS) is 11.3. The molecule has 2 aromatic heterocycles. The molecule has 0 aliphatic carbocycles. The van der Waals surface area contributed by atoms with Crippen molar-refractivity contribution in [2.45, 2.75) is 0 Å². The van der Waals surface area contributed by atoms with Crippen molar-refractivity contribution in [1.29, 1.82) is 0 Å². The van der Waals surface area contributed by atoms with Gasteiger partial charge < -0.3 is 0 Å². The molecule has 0 atom stereocenters. The molecule has 8 aromatic rings. The summed E-state index contributed by atoms with van der Waals surface area (Å²) in [5, 5.41) is 4.71. The van der Waals surface area contributed by atoms with Crippen LogP contribution in [-0.2, 0) is 0 Å².